The van der Waals surface area contributed by atoms with E-state index in [2.05, 4.69) is 6.58 Å². The van der Waals surface area contributed by atoms with Gasteiger partial charge in [0.1, 0.15) is 0 Å². The van der Waals surface area contributed by atoms with Crippen LogP contribution in [-0.4, -0.2) is 36.9 Å². The normalized spacial score (nSPS) is 14.0. The van der Waals surface area contributed by atoms with Crippen LogP contribution >= 0.6 is 0 Å². The van der Waals surface area contributed by atoms with Crippen molar-refractivity contribution < 1.29 is 13.9 Å². The van der Waals surface area contributed by atoms with Crippen LogP contribution in [-0.2, 0) is 13.9 Å². The summed E-state index contributed by atoms with van der Waals surface area (Å²) in [6.45, 7) is 4.11. The molecule has 0 rings (SSSR count). The average Bonchev–Trinajstić information content (AvgIpc) is 2.03. The van der Waals surface area contributed by atoms with Gasteiger partial charge >= 0.3 is 0 Å². The Hall–Kier alpha value is -0.163. The highest BCUT2D eigenvalue weighted by atomic mass is 28.2. The predicted molar refractivity (Wildman–Crippen MR) is 47.3 cm³/mol. The van der Waals surface area contributed by atoms with Crippen molar-refractivity contribution in [1.82, 2.24) is 0 Å². The van der Waals surface area contributed by atoms with Gasteiger partial charge in [-0.25, -0.2) is 0 Å². The molecule has 0 N–H and O–H groups in total. The van der Waals surface area contributed by atoms with E-state index in [1.165, 1.54) is 0 Å². The molecule has 3 nitrogen and oxygen atoms in total. The lowest BCUT2D eigenvalue weighted by atomic mass is 10.7. The molecule has 66 valence electrons. The SMILES string of the molecule is C=CC[SiH2]OC(COC)OC. The summed E-state index contributed by atoms with van der Waals surface area (Å²) in [4.78, 5) is 0. The van der Waals surface area contributed by atoms with E-state index in [9.17, 15) is 0 Å². The molecule has 0 saturated carbocycles. The van der Waals surface area contributed by atoms with Crippen molar-refractivity contribution in [2.45, 2.75) is 12.3 Å². The number of rotatable bonds is 7. The third kappa shape index (κ3) is 6.24. The van der Waals surface area contributed by atoms with E-state index in [1.807, 2.05) is 6.08 Å². The van der Waals surface area contributed by atoms with Gasteiger partial charge in [-0.15, -0.1) is 6.58 Å². The van der Waals surface area contributed by atoms with Crippen LogP contribution in [0.4, 0.5) is 0 Å². The number of allylic oxidation sites excluding steroid dienone is 1. The molecule has 0 aromatic rings. The standard InChI is InChI=1S/C7H16O3Si/c1-4-5-11-10-7(9-3)6-8-2/h4,7H,1,5-6,11H2,2-3H3. The van der Waals surface area contributed by atoms with E-state index in [4.69, 9.17) is 13.9 Å². The first-order valence-corrected chi connectivity index (χ1v) is 5.17. The third-order valence-electron chi connectivity index (χ3n) is 1.19. The van der Waals surface area contributed by atoms with E-state index in [0.29, 0.717) is 6.61 Å². The molecular weight excluding hydrogens is 160 g/mol. The van der Waals surface area contributed by atoms with E-state index in [0.717, 1.165) is 6.04 Å². The van der Waals surface area contributed by atoms with Gasteiger partial charge in [-0.2, -0.15) is 0 Å². The predicted octanol–water partition coefficient (Wildman–Crippen LogP) is 0.310. The summed E-state index contributed by atoms with van der Waals surface area (Å²) in [6.07, 6.45) is 1.68. The molecule has 11 heavy (non-hydrogen) atoms. The molecule has 0 fully saturated rings. The lowest BCUT2D eigenvalue weighted by molar-refractivity contribution is -0.0926. The number of methoxy groups -OCH3 is 2. The van der Waals surface area contributed by atoms with Crippen molar-refractivity contribution >= 4 is 9.76 Å². The molecule has 0 bridgehead atoms. The molecule has 0 spiro atoms. The zero-order chi connectivity index (χ0) is 8.53. The molecule has 0 aliphatic rings. The van der Waals surface area contributed by atoms with Crippen molar-refractivity contribution in [3.05, 3.63) is 12.7 Å². The van der Waals surface area contributed by atoms with Gasteiger partial charge in [0.05, 0.1) is 6.61 Å². The zero-order valence-electron chi connectivity index (χ0n) is 7.21. The molecule has 0 heterocycles. The molecule has 4 heteroatoms. The Morgan fingerprint density at radius 3 is 2.73 bits per heavy atom. The van der Waals surface area contributed by atoms with Crippen LogP contribution in [0.1, 0.15) is 0 Å². The molecule has 0 saturated heterocycles. The highest BCUT2D eigenvalue weighted by molar-refractivity contribution is 6.27. The molecule has 0 radical (unpaired) electrons. The summed E-state index contributed by atoms with van der Waals surface area (Å²) in [5.74, 6) is 0. The minimum absolute atomic E-state index is 0.188. The fraction of sp³-hybridized carbons (Fsp3) is 0.714. The van der Waals surface area contributed by atoms with Gasteiger partial charge < -0.3 is 13.9 Å². The molecular formula is C7H16O3Si. The summed E-state index contributed by atoms with van der Waals surface area (Å²) in [5.41, 5.74) is 0. The lowest BCUT2D eigenvalue weighted by Gasteiger charge is -2.14. The van der Waals surface area contributed by atoms with Crippen molar-refractivity contribution in [3.8, 4) is 0 Å². The number of hydrogen-bond acceptors (Lipinski definition) is 3. The quantitative estimate of drug-likeness (QED) is 0.242. The Kier molecular flexibility index (Phi) is 7.82. The van der Waals surface area contributed by atoms with Crippen molar-refractivity contribution in [1.29, 1.82) is 0 Å². The van der Waals surface area contributed by atoms with Gasteiger partial charge in [0, 0.05) is 14.2 Å². The summed E-state index contributed by atoms with van der Waals surface area (Å²) >= 11 is 0. The van der Waals surface area contributed by atoms with Crippen LogP contribution in [0.3, 0.4) is 0 Å². The second-order valence-corrected chi connectivity index (χ2v) is 3.39. The summed E-state index contributed by atoms with van der Waals surface area (Å²) in [5, 5.41) is 0. The summed E-state index contributed by atoms with van der Waals surface area (Å²) in [7, 11) is 2.76. The highest BCUT2D eigenvalue weighted by Crippen LogP contribution is 1.93. The summed E-state index contributed by atoms with van der Waals surface area (Å²) in [6, 6.07) is 0.976. The van der Waals surface area contributed by atoms with Crippen molar-refractivity contribution in [2.75, 3.05) is 20.8 Å². The Morgan fingerprint density at radius 2 is 2.27 bits per heavy atom. The van der Waals surface area contributed by atoms with Crippen molar-refractivity contribution in [2.24, 2.45) is 0 Å². The van der Waals surface area contributed by atoms with E-state index >= 15 is 0 Å². The lowest BCUT2D eigenvalue weighted by Crippen LogP contribution is -2.22. The van der Waals surface area contributed by atoms with E-state index < -0.39 is 9.76 Å². The van der Waals surface area contributed by atoms with Gasteiger partial charge in [0.15, 0.2) is 16.1 Å². The largest absolute Gasteiger partial charge is 0.398 e. The Labute approximate surface area is 70.3 Å². The van der Waals surface area contributed by atoms with Crippen LogP contribution < -0.4 is 0 Å². The smallest absolute Gasteiger partial charge is 0.170 e. The first-order valence-electron chi connectivity index (χ1n) is 3.59. The average molecular weight is 176 g/mol. The molecule has 0 aliphatic heterocycles. The topological polar surface area (TPSA) is 27.7 Å². The first-order chi connectivity index (χ1) is 5.35. The maximum atomic E-state index is 5.39. The van der Waals surface area contributed by atoms with Crippen molar-refractivity contribution in [3.63, 3.8) is 0 Å². The maximum absolute atomic E-state index is 5.39. The van der Waals surface area contributed by atoms with Crippen LogP contribution in [0, 0.1) is 0 Å². The fourth-order valence-corrected chi connectivity index (χ4v) is 1.40. The van der Waals surface area contributed by atoms with Crippen LogP contribution in [0.25, 0.3) is 0 Å². The molecule has 0 aromatic carbocycles. The second kappa shape index (κ2) is 7.94. The molecule has 0 aromatic heterocycles. The molecule has 1 atom stereocenters. The van der Waals surface area contributed by atoms with E-state index in [-0.39, 0.29) is 6.29 Å². The van der Waals surface area contributed by atoms with Crippen LogP contribution in [0.15, 0.2) is 12.7 Å². The Morgan fingerprint density at radius 1 is 1.55 bits per heavy atom. The van der Waals surface area contributed by atoms with Crippen LogP contribution in [0.5, 0.6) is 0 Å². The van der Waals surface area contributed by atoms with Gasteiger partial charge in [0.2, 0.25) is 0 Å². The highest BCUT2D eigenvalue weighted by Gasteiger charge is 2.04. The Balaban J connectivity index is 3.27. The van der Waals surface area contributed by atoms with Gasteiger partial charge in [-0.3, -0.25) is 0 Å². The van der Waals surface area contributed by atoms with E-state index in [1.54, 1.807) is 14.2 Å². The Bertz CT molecular complexity index is 97.7. The van der Waals surface area contributed by atoms with Crippen LogP contribution in [0.2, 0.25) is 6.04 Å². The van der Waals surface area contributed by atoms with Gasteiger partial charge in [-0.1, -0.05) is 6.08 Å². The minimum atomic E-state index is -0.491. The van der Waals surface area contributed by atoms with Gasteiger partial charge in [0.25, 0.3) is 0 Å². The monoisotopic (exact) mass is 176 g/mol. The third-order valence-corrected chi connectivity index (χ3v) is 2.44. The zero-order valence-corrected chi connectivity index (χ0v) is 8.62. The fourth-order valence-electron chi connectivity index (χ4n) is 0.603. The minimum Gasteiger partial charge on any atom is -0.398 e. The van der Waals surface area contributed by atoms with Gasteiger partial charge in [-0.05, 0) is 6.04 Å². The first kappa shape index (κ1) is 10.8. The second-order valence-electron chi connectivity index (χ2n) is 2.07. The molecule has 1 unspecified atom stereocenters. The molecule has 0 aliphatic carbocycles. The number of ether oxygens (including phenoxy) is 2. The number of hydrogen-bond donors (Lipinski definition) is 0. The maximum Gasteiger partial charge on any atom is 0.170 e. The molecule has 0 amide bonds. The summed E-state index contributed by atoms with van der Waals surface area (Å²) < 4.78 is 15.3.